The molecule has 0 aliphatic rings. The van der Waals surface area contributed by atoms with Crippen LogP contribution in [0.1, 0.15) is 5.56 Å². The van der Waals surface area contributed by atoms with E-state index in [-0.39, 0.29) is 0 Å². The molecule has 0 fully saturated rings. The first-order valence-corrected chi connectivity index (χ1v) is 7.84. The zero-order valence-electron chi connectivity index (χ0n) is 11.2. The van der Waals surface area contributed by atoms with Gasteiger partial charge in [0.05, 0.1) is 7.11 Å². The standard InChI is InChI=1S/C16H11Cl2O2S/c1-19-15-7-12(8-16-13(15)4-5-21-16)20-9-10-2-3-11(17)6-14(10)18/h2-3,5-8H,9H2,1H3. The lowest BCUT2D eigenvalue weighted by Gasteiger charge is -2.10. The van der Waals surface area contributed by atoms with Gasteiger partial charge in [-0.2, -0.15) is 0 Å². The largest absolute Gasteiger partial charge is 0.496 e. The Balaban J connectivity index is 1.84. The predicted molar refractivity (Wildman–Crippen MR) is 88.0 cm³/mol. The minimum absolute atomic E-state index is 0.375. The van der Waals surface area contributed by atoms with E-state index >= 15 is 0 Å². The summed E-state index contributed by atoms with van der Waals surface area (Å²) in [6.45, 7) is 0.375. The third kappa shape index (κ3) is 3.10. The van der Waals surface area contributed by atoms with E-state index in [1.54, 1.807) is 30.6 Å². The van der Waals surface area contributed by atoms with Crippen LogP contribution >= 0.6 is 34.5 Å². The number of hydrogen-bond acceptors (Lipinski definition) is 3. The molecule has 0 spiro atoms. The second-order valence-electron chi connectivity index (χ2n) is 4.40. The third-order valence-corrected chi connectivity index (χ3v) is 4.46. The van der Waals surface area contributed by atoms with Crippen molar-refractivity contribution in [2.24, 2.45) is 0 Å². The molecule has 3 aromatic rings. The van der Waals surface area contributed by atoms with Crippen LogP contribution < -0.4 is 9.47 Å². The van der Waals surface area contributed by atoms with E-state index in [0.717, 1.165) is 27.1 Å². The van der Waals surface area contributed by atoms with Crippen molar-refractivity contribution in [1.82, 2.24) is 0 Å². The Morgan fingerprint density at radius 3 is 2.81 bits per heavy atom. The fourth-order valence-electron chi connectivity index (χ4n) is 2.00. The van der Waals surface area contributed by atoms with Gasteiger partial charge in [-0.1, -0.05) is 29.3 Å². The maximum absolute atomic E-state index is 6.14. The van der Waals surface area contributed by atoms with Gasteiger partial charge in [0.25, 0.3) is 0 Å². The topological polar surface area (TPSA) is 18.5 Å². The molecule has 1 aromatic heterocycles. The highest BCUT2D eigenvalue weighted by atomic mass is 35.5. The number of rotatable bonds is 4. The summed E-state index contributed by atoms with van der Waals surface area (Å²) in [4.78, 5) is 0. The molecule has 21 heavy (non-hydrogen) atoms. The van der Waals surface area contributed by atoms with Gasteiger partial charge in [0.2, 0.25) is 0 Å². The van der Waals surface area contributed by atoms with Crippen molar-refractivity contribution in [1.29, 1.82) is 0 Å². The maximum atomic E-state index is 6.14. The van der Waals surface area contributed by atoms with E-state index in [9.17, 15) is 0 Å². The van der Waals surface area contributed by atoms with Crippen LogP contribution in [-0.4, -0.2) is 7.11 Å². The molecule has 0 aliphatic heterocycles. The van der Waals surface area contributed by atoms with E-state index in [1.807, 2.05) is 23.6 Å². The van der Waals surface area contributed by atoms with Crippen molar-refractivity contribution >= 4 is 44.6 Å². The average molecular weight is 338 g/mol. The summed E-state index contributed by atoms with van der Waals surface area (Å²) in [6, 6.07) is 12.4. The molecule has 0 bridgehead atoms. The van der Waals surface area contributed by atoms with Crippen molar-refractivity contribution in [2.45, 2.75) is 6.61 Å². The van der Waals surface area contributed by atoms with Crippen molar-refractivity contribution in [3.8, 4) is 11.5 Å². The second kappa shape index (κ2) is 6.14. The molecule has 0 saturated heterocycles. The van der Waals surface area contributed by atoms with Gasteiger partial charge in [0.15, 0.2) is 0 Å². The van der Waals surface area contributed by atoms with E-state index < -0.39 is 0 Å². The molecule has 0 saturated carbocycles. The summed E-state index contributed by atoms with van der Waals surface area (Å²) in [7, 11) is 1.64. The number of benzene rings is 2. The molecule has 1 radical (unpaired) electrons. The number of thiophene rings is 1. The minimum atomic E-state index is 0.375. The molecule has 0 aliphatic carbocycles. The predicted octanol–water partition coefficient (Wildman–Crippen LogP) is 5.60. The number of fused-ring (bicyclic) bond motifs is 1. The monoisotopic (exact) mass is 337 g/mol. The second-order valence-corrected chi connectivity index (χ2v) is 6.16. The molecule has 3 rings (SSSR count). The fraction of sp³-hybridized carbons (Fsp3) is 0.125. The first kappa shape index (κ1) is 14.5. The van der Waals surface area contributed by atoms with Gasteiger partial charge in [-0.15, -0.1) is 11.3 Å². The van der Waals surface area contributed by atoms with Crippen LogP contribution in [0, 0.1) is 6.07 Å². The number of methoxy groups -OCH3 is 1. The average Bonchev–Trinajstić information content (AvgIpc) is 2.93. The molecule has 107 valence electrons. The summed E-state index contributed by atoms with van der Waals surface area (Å²) in [5.41, 5.74) is 0.887. The van der Waals surface area contributed by atoms with Crippen molar-refractivity contribution in [3.05, 3.63) is 57.4 Å². The Kier molecular flexibility index (Phi) is 4.24. The van der Waals surface area contributed by atoms with E-state index in [2.05, 4.69) is 6.07 Å². The Bertz CT molecular complexity index is 783. The molecule has 5 heteroatoms. The lowest BCUT2D eigenvalue weighted by Crippen LogP contribution is -1.96. The Labute approximate surface area is 136 Å². The Morgan fingerprint density at radius 1 is 1.19 bits per heavy atom. The number of hydrogen-bond donors (Lipinski definition) is 0. The highest BCUT2D eigenvalue weighted by Gasteiger charge is 2.08. The van der Waals surface area contributed by atoms with Crippen LogP contribution in [0.2, 0.25) is 10.0 Å². The van der Waals surface area contributed by atoms with Crippen LogP contribution in [0.3, 0.4) is 0 Å². The molecule has 0 amide bonds. The fourth-order valence-corrected chi connectivity index (χ4v) is 3.23. The highest BCUT2D eigenvalue weighted by Crippen LogP contribution is 2.34. The van der Waals surface area contributed by atoms with E-state index in [1.165, 1.54) is 0 Å². The highest BCUT2D eigenvalue weighted by molar-refractivity contribution is 7.17. The smallest absolute Gasteiger partial charge is 0.131 e. The molecule has 0 unspecified atom stereocenters. The van der Waals surface area contributed by atoms with Crippen LogP contribution in [0.25, 0.3) is 10.1 Å². The van der Waals surface area contributed by atoms with Crippen molar-refractivity contribution in [2.75, 3.05) is 7.11 Å². The third-order valence-electron chi connectivity index (χ3n) is 3.06. The minimum Gasteiger partial charge on any atom is -0.496 e. The summed E-state index contributed by atoms with van der Waals surface area (Å²) >= 11 is 13.6. The Hall–Kier alpha value is -1.42. The van der Waals surface area contributed by atoms with Gasteiger partial charge in [-0.05, 0) is 23.6 Å². The van der Waals surface area contributed by atoms with Crippen LogP contribution in [-0.2, 0) is 6.61 Å². The molecule has 2 aromatic carbocycles. The lowest BCUT2D eigenvalue weighted by atomic mass is 10.2. The van der Waals surface area contributed by atoms with Crippen LogP contribution in [0.15, 0.2) is 35.7 Å². The zero-order chi connectivity index (χ0) is 14.8. The van der Waals surface area contributed by atoms with Crippen molar-refractivity contribution < 1.29 is 9.47 Å². The van der Waals surface area contributed by atoms with Gasteiger partial charge in [-0.25, -0.2) is 0 Å². The van der Waals surface area contributed by atoms with Gasteiger partial charge < -0.3 is 9.47 Å². The summed E-state index contributed by atoms with van der Waals surface area (Å²) in [6.07, 6.45) is 0. The van der Waals surface area contributed by atoms with E-state index in [4.69, 9.17) is 32.7 Å². The van der Waals surface area contributed by atoms with E-state index in [0.29, 0.717) is 16.7 Å². The van der Waals surface area contributed by atoms with Crippen molar-refractivity contribution in [3.63, 3.8) is 0 Å². The number of ether oxygens (including phenoxy) is 2. The molecular formula is C16H11Cl2O2S. The maximum Gasteiger partial charge on any atom is 0.131 e. The lowest BCUT2D eigenvalue weighted by molar-refractivity contribution is 0.304. The first-order chi connectivity index (χ1) is 10.2. The van der Waals surface area contributed by atoms with Gasteiger partial charge in [-0.3, -0.25) is 0 Å². The molecule has 2 nitrogen and oxygen atoms in total. The Morgan fingerprint density at radius 2 is 2.05 bits per heavy atom. The summed E-state index contributed by atoms with van der Waals surface area (Å²) in [5.74, 6) is 1.49. The molecule has 1 heterocycles. The zero-order valence-corrected chi connectivity index (χ0v) is 13.5. The SMILES string of the molecule is COc1cc(OCc2ccc(Cl)cc2Cl)cc2sc[c]c12. The number of halogens is 2. The summed E-state index contributed by atoms with van der Waals surface area (Å²) < 4.78 is 12.3. The van der Waals surface area contributed by atoms with Gasteiger partial charge in [0, 0.05) is 37.8 Å². The molecule has 0 N–H and O–H groups in total. The molecular weight excluding hydrogens is 327 g/mol. The van der Waals surface area contributed by atoms with Crippen LogP contribution in [0.5, 0.6) is 11.5 Å². The summed E-state index contributed by atoms with van der Waals surface area (Å²) in [5, 5.41) is 4.09. The van der Waals surface area contributed by atoms with Gasteiger partial charge >= 0.3 is 0 Å². The normalized spacial score (nSPS) is 10.8. The van der Waals surface area contributed by atoms with Crippen LogP contribution in [0.4, 0.5) is 0 Å². The molecule has 0 atom stereocenters. The van der Waals surface area contributed by atoms with Gasteiger partial charge in [0.1, 0.15) is 18.1 Å². The first-order valence-electron chi connectivity index (χ1n) is 6.21. The quantitative estimate of drug-likeness (QED) is 0.617.